The zero-order valence-corrected chi connectivity index (χ0v) is 18.8. The van der Waals surface area contributed by atoms with Crippen LogP contribution in [0.25, 0.3) is 11.0 Å². The van der Waals surface area contributed by atoms with Crippen LogP contribution in [0.5, 0.6) is 0 Å². The highest BCUT2D eigenvalue weighted by molar-refractivity contribution is 7.92. The SMILES string of the molecule is Cn1c(=O)c(=O)n(C)c2cc(S(=O)(=O)C3CCCCC3)c(NC(=O)c3ccccc3)cc21. The van der Waals surface area contributed by atoms with Gasteiger partial charge in [-0.05, 0) is 37.1 Å². The number of nitrogens with one attached hydrogen (secondary N) is 1. The third kappa shape index (κ3) is 3.77. The van der Waals surface area contributed by atoms with Crippen molar-refractivity contribution in [2.45, 2.75) is 42.2 Å². The fraction of sp³-hybridized carbons (Fsp3) is 0.348. The number of aromatic nitrogens is 2. The van der Waals surface area contributed by atoms with Gasteiger partial charge in [-0.2, -0.15) is 0 Å². The van der Waals surface area contributed by atoms with Crippen LogP contribution in [-0.4, -0.2) is 28.7 Å². The first-order chi connectivity index (χ1) is 15.2. The smallest absolute Gasteiger partial charge is 0.316 e. The van der Waals surface area contributed by atoms with Crippen molar-refractivity contribution in [2.75, 3.05) is 5.32 Å². The van der Waals surface area contributed by atoms with E-state index in [1.807, 2.05) is 0 Å². The van der Waals surface area contributed by atoms with Gasteiger partial charge in [-0.25, -0.2) is 8.42 Å². The number of aryl methyl sites for hydroxylation is 2. The molecular weight excluding hydrogens is 430 g/mol. The summed E-state index contributed by atoms with van der Waals surface area (Å²) in [4.78, 5) is 37.5. The Labute approximate surface area is 185 Å². The zero-order chi connectivity index (χ0) is 23.0. The highest BCUT2D eigenvalue weighted by Crippen LogP contribution is 2.34. The first kappa shape index (κ1) is 22.0. The lowest BCUT2D eigenvalue weighted by molar-refractivity contribution is 0.102. The monoisotopic (exact) mass is 455 g/mol. The molecule has 4 rings (SSSR count). The number of fused-ring (bicyclic) bond motifs is 1. The van der Waals surface area contributed by atoms with Gasteiger partial charge >= 0.3 is 11.1 Å². The Kier molecular flexibility index (Phi) is 5.77. The van der Waals surface area contributed by atoms with Crippen molar-refractivity contribution in [3.05, 3.63) is 68.7 Å². The predicted octanol–water partition coefficient (Wildman–Crippen LogP) is 2.60. The number of sulfone groups is 1. The van der Waals surface area contributed by atoms with Gasteiger partial charge in [-0.15, -0.1) is 0 Å². The highest BCUT2D eigenvalue weighted by Gasteiger charge is 2.32. The van der Waals surface area contributed by atoms with E-state index in [-0.39, 0.29) is 10.6 Å². The van der Waals surface area contributed by atoms with E-state index in [1.54, 1.807) is 30.3 Å². The molecule has 2 aromatic carbocycles. The number of hydrogen-bond acceptors (Lipinski definition) is 5. The van der Waals surface area contributed by atoms with Crippen LogP contribution in [0.15, 0.2) is 56.9 Å². The van der Waals surface area contributed by atoms with Crippen LogP contribution >= 0.6 is 0 Å². The summed E-state index contributed by atoms with van der Waals surface area (Å²) in [6, 6.07) is 11.3. The fourth-order valence-corrected chi connectivity index (χ4v) is 6.28. The van der Waals surface area contributed by atoms with E-state index in [1.165, 1.54) is 30.8 Å². The summed E-state index contributed by atoms with van der Waals surface area (Å²) in [6.07, 6.45) is 3.77. The Morgan fingerprint density at radius 2 is 1.47 bits per heavy atom. The normalized spacial score (nSPS) is 15.1. The van der Waals surface area contributed by atoms with Crippen LogP contribution in [0.4, 0.5) is 5.69 Å². The van der Waals surface area contributed by atoms with Crippen LogP contribution < -0.4 is 16.4 Å². The van der Waals surface area contributed by atoms with Crippen LogP contribution in [0.1, 0.15) is 42.5 Å². The molecule has 0 aliphatic heterocycles. The number of carbonyl (C=O) groups excluding carboxylic acids is 1. The van der Waals surface area contributed by atoms with E-state index in [9.17, 15) is 22.8 Å². The molecule has 0 bridgehead atoms. The average Bonchev–Trinajstić information content (AvgIpc) is 2.82. The van der Waals surface area contributed by atoms with Crippen molar-refractivity contribution in [1.29, 1.82) is 0 Å². The van der Waals surface area contributed by atoms with Crippen molar-refractivity contribution in [3.63, 3.8) is 0 Å². The molecule has 1 fully saturated rings. The number of nitrogens with zero attached hydrogens (tertiary/aromatic N) is 2. The minimum Gasteiger partial charge on any atom is -0.321 e. The number of anilines is 1. The third-order valence-corrected chi connectivity index (χ3v) is 8.47. The minimum atomic E-state index is -3.78. The van der Waals surface area contributed by atoms with Crippen molar-refractivity contribution in [3.8, 4) is 0 Å². The van der Waals surface area contributed by atoms with Gasteiger partial charge in [-0.1, -0.05) is 37.5 Å². The Hall–Kier alpha value is -3.20. The van der Waals surface area contributed by atoms with Crippen molar-refractivity contribution in [1.82, 2.24) is 9.13 Å². The summed E-state index contributed by atoms with van der Waals surface area (Å²) in [6.45, 7) is 0. The molecule has 0 radical (unpaired) electrons. The fourth-order valence-electron chi connectivity index (χ4n) is 4.27. The first-order valence-electron chi connectivity index (χ1n) is 10.6. The maximum atomic E-state index is 13.6. The molecule has 0 spiro atoms. The molecule has 1 aliphatic carbocycles. The number of amides is 1. The van der Waals surface area contributed by atoms with Crippen LogP contribution in [0.3, 0.4) is 0 Å². The molecule has 1 N–H and O–H groups in total. The van der Waals surface area contributed by atoms with E-state index in [0.717, 1.165) is 23.8 Å². The molecule has 0 atom stereocenters. The summed E-state index contributed by atoms with van der Waals surface area (Å²) in [5, 5.41) is 2.17. The van der Waals surface area contributed by atoms with Crippen molar-refractivity contribution in [2.24, 2.45) is 14.1 Å². The number of rotatable bonds is 4. The predicted molar refractivity (Wildman–Crippen MR) is 123 cm³/mol. The van der Waals surface area contributed by atoms with Gasteiger partial charge < -0.3 is 14.5 Å². The molecule has 1 saturated carbocycles. The quantitative estimate of drug-likeness (QED) is 0.609. The minimum absolute atomic E-state index is 0.0326. The topological polar surface area (TPSA) is 107 Å². The molecule has 9 heteroatoms. The average molecular weight is 456 g/mol. The molecule has 1 amide bonds. The Balaban J connectivity index is 1.95. The molecule has 8 nitrogen and oxygen atoms in total. The molecule has 168 valence electrons. The van der Waals surface area contributed by atoms with E-state index in [2.05, 4.69) is 5.32 Å². The van der Waals surface area contributed by atoms with Crippen molar-refractivity contribution < 1.29 is 13.2 Å². The second-order valence-electron chi connectivity index (χ2n) is 8.19. The Morgan fingerprint density at radius 3 is 2.06 bits per heavy atom. The summed E-state index contributed by atoms with van der Waals surface area (Å²) < 4.78 is 29.5. The molecule has 0 unspecified atom stereocenters. The van der Waals surface area contributed by atoms with Gasteiger partial charge in [0, 0.05) is 19.7 Å². The molecule has 1 heterocycles. The number of benzene rings is 2. The molecule has 32 heavy (non-hydrogen) atoms. The maximum absolute atomic E-state index is 13.6. The number of carbonyl (C=O) groups is 1. The molecule has 1 aromatic heterocycles. The Morgan fingerprint density at radius 1 is 0.906 bits per heavy atom. The van der Waals surface area contributed by atoms with Gasteiger partial charge in [-0.3, -0.25) is 14.4 Å². The lowest BCUT2D eigenvalue weighted by Gasteiger charge is -2.24. The standard InChI is InChI=1S/C23H25N3O5S/c1-25-18-13-17(24-21(27)15-9-5-3-6-10-15)20(14-19(18)26(2)23(29)22(25)28)32(30,31)16-11-7-4-8-12-16/h3,5-6,9-10,13-14,16H,4,7-8,11-12H2,1-2H3,(H,24,27). The Bertz CT molecular complexity index is 1420. The van der Waals surface area contributed by atoms with Crippen molar-refractivity contribution >= 4 is 32.5 Å². The second-order valence-corrected chi connectivity index (χ2v) is 10.4. The first-order valence-corrected chi connectivity index (χ1v) is 12.1. The van der Waals surface area contributed by atoms with Crippen LogP contribution in [-0.2, 0) is 23.9 Å². The van der Waals surface area contributed by atoms with E-state index >= 15 is 0 Å². The summed E-state index contributed by atoms with van der Waals surface area (Å²) in [5.74, 6) is -0.458. The van der Waals surface area contributed by atoms with E-state index in [4.69, 9.17) is 0 Å². The lowest BCUT2D eigenvalue weighted by atomic mass is 10.0. The maximum Gasteiger partial charge on any atom is 0.316 e. The van der Waals surface area contributed by atoms with Crippen LogP contribution in [0, 0.1) is 0 Å². The van der Waals surface area contributed by atoms with Gasteiger partial charge in [0.1, 0.15) is 0 Å². The highest BCUT2D eigenvalue weighted by atomic mass is 32.2. The molecular formula is C23H25N3O5S. The lowest BCUT2D eigenvalue weighted by Crippen LogP contribution is -2.39. The summed E-state index contributed by atoms with van der Waals surface area (Å²) in [7, 11) is -0.898. The third-order valence-electron chi connectivity index (χ3n) is 6.17. The van der Waals surface area contributed by atoms with E-state index < -0.39 is 32.1 Å². The van der Waals surface area contributed by atoms with E-state index in [0.29, 0.717) is 29.4 Å². The summed E-state index contributed by atoms with van der Waals surface area (Å²) >= 11 is 0. The van der Waals surface area contributed by atoms with Gasteiger partial charge in [0.05, 0.1) is 26.9 Å². The summed E-state index contributed by atoms with van der Waals surface area (Å²) in [5.41, 5.74) is -0.342. The molecule has 3 aromatic rings. The second kappa shape index (κ2) is 8.38. The number of hydrogen-bond donors (Lipinski definition) is 1. The van der Waals surface area contributed by atoms with Gasteiger partial charge in [0.25, 0.3) is 5.91 Å². The molecule has 0 saturated heterocycles. The van der Waals surface area contributed by atoms with Gasteiger partial charge in [0.15, 0.2) is 9.84 Å². The molecule has 1 aliphatic rings. The van der Waals surface area contributed by atoms with Crippen LogP contribution in [0.2, 0.25) is 0 Å². The van der Waals surface area contributed by atoms with Gasteiger partial charge in [0.2, 0.25) is 0 Å². The zero-order valence-electron chi connectivity index (χ0n) is 18.0. The largest absolute Gasteiger partial charge is 0.321 e.